The maximum absolute atomic E-state index is 12.2. The molecule has 1 aromatic carbocycles. The second kappa shape index (κ2) is 5.80. The number of rotatable bonds is 3. The van der Waals surface area contributed by atoms with Crippen LogP contribution in [0, 0.1) is 11.8 Å². The largest absolute Gasteiger partial charge is 0.443 e. The summed E-state index contributed by atoms with van der Waals surface area (Å²) in [5, 5.41) is 0. The number of hydrogen-bond donors (Lipinski definition) is 0. The van der Waals surface area contributed by atoms with E-state index < -0.39 is 0 Å². The molecular formula is C17H21NO2. The highest BCUT2D eigenvalue weighted by molar-refractivity contribution is 5.89. The first-order valence-corrected chi connectivity index (χ1v) is 7.40. The highest BCUT2D eigenvalue weighted by Gasteiger charge is 2.36. The van der Waals surface area contributed by atoms with E-state index in [1.807, 2.05) is 18.2 Å². The van der Waals surface area contributed by atoms with Crippen molar-refractivity contribution < 1.29 is 9.53 Å². The second-order valence-electron chi connectivity index (χ2n) is 5.75. The van der Waals surface area contributed by atoms with Crippen molar-refractivity contribution in [1.29, 1.82) is 0 Å². The fourth-order valence-corrected chi connectivity index (χ4v) is 3.38. The Bertz CT molecular complexity index is 485. The molecule has 4 atom stereocenters. The molecule has 3 heterocycles. The molecule has 3 fully saturated rings. The van der Waals surface area contributed by atoms with Crippen LogP contribution in [-0.4, -0.2) is 30.2 Å². The van der Waals surface area contributed by atoms with E-state index in [-0.39, 0.29) is 12.2 Å². The number of nitrogens with zero attached hydrogens (tertiary/aromatic N) is 1. The second-order valence-corrected chi connectivity index (χ2v) is 5.75. The van der Waals surface area contributed by atoms with E-state index in [0.717, 1.165) is 25.9 Å². The SMILES string of the molecule is C=C[C@H]1CN2CC[C@H]1CC[C@H]2OC(=O)c1ccccc1. The van der Waals surface area contributed by atoms with Crippen molar-refractivity contribution in [2.45, 2.75) is 25.5 Å². The lowest BCUT2D eigenvalue weighted by atomic mass is 9.85. The van der Waals surface area contributed by atoms with Crippen molar-refractivity contribution >= 4 is 5.97 Å². The minimum atomic E-state index is -0.212. The molecule has 0 saturated carbocycles. The van der Waals surface area contributed by atoms with Crippen LogP contribution in [0.5, 0.6) is 0 Å². The Morgan fingerprint density at radius 2 is 2.05 bits per heavy atom. The predicted molar refractivity (Wildman–Crippen MR) is 78.2 cm³/mol. The smallest absolute Gasteiger partial charge is 0.339 e. The highest BCUT2D eigenvalue weighted by Crippen LogP contribution is 2.35. The van der Waals surface area contributed by atoms with E-state index in [1.165, 1.54) is 6.42 Å². The number of ether oxygens (including phenoxy) is 1. The third-order valence-electron chi connectivity index (χ3n) is 4.58. The summed E-state index contributed by atoms with van der Waals surface area (Å²) in [4.78, 5) is 14.5. The van der Waals surface area contributed by atoms with E-state index in [4.69, 9.17) is 4.74 Å². The van der Waals surface area contributed by atoms with Gasteiger partial charge in [-0.2, -0.15) is 0 Å². The van der Waals surface area contributed by atoms with Gasteiger partial charge in [0.15, 0.2) is 6.23 Å². The molecule has 3 aliphatic heterocycles. The summed E-state index contributed by atoms with van der Waals surface area (Å²) in [7, 11) is 0. The summed E-state index contributed by atoms with van der Waals surface area (Å²) in [6.07, 6.45) is 5.25. The molecule has 106 valence electrons. The van der Waals surface area contributed by atoms with Gasteiger partial charge in [0.1, 0.15) is 0 Å². The molecular weight excluding hydrogens is 250 g/mol. The van der Waals surface area contributed by atoms with Gasteiger partial charge >= 0.3 is 5.97 Å². The fourth-order valence-electron chi connectivity index (χ4n) is 3.38. The lowest BCUT2D eigenvalue weighted by molar-refractivity contribution is -0.0375. The van der Waals surface area contributed by atoms with Crippen molar-refractivity contribution in [2.24, 2.45) is 11.8 Å². The predicted octanol–water partition coefficient (Wildman–Crippen LogP) is 3.09. The van der Waals surface area contributed by atoms with Crippen LogP contribution in [0.3, 0.4) is 0 Å². The maximum atomic E-state index is 12.2. The molecule has 3 saturated heterocycles. The van der Waals surface area contributed by atoms with Gasteiger partial charge < -0.3 is 4.74 Å². The van der Waals surface area contributed by atoms with Crippen LogP contribution >= 0.6 is 0 Å². The Labute approximate surface area is 120 Å². The van der Waals surface area contributed by atoms with Crippen LogP contribution in [0.4, 0.5) is 0 Å². The van der Waals surface area contributed by atoms with Gasteiger partial charge in [0.05, 0.1) is 5.56 Å². The third-order valence-corrected chi connectivity index (χ3v) is 4.58. The monoisotopic (exact) mass is 271 g/mol. The first kappa shape index (κ1) is 13.4. The summed E-state index contributed by atoms with van der Waals surface area (Å²) in [6, 6.07) is 9.24. The standard InChI is InChI=1S/C17H21NO2/c1-2-13-12-18-11-10-14(13)8-9-16(18)20-17(19)15-6-4-3-5-7-15/h2-7,13-14,16H,1,8-12H2/t13-,14+,16+/m0/s1. The molecule has 4 rings (SSSR count). The minimum Gasteiger partial charge on any atom is -0.443 e. The zero-order valence-electron chi connectivity index (χ0n) is 11.7. The quantitative estimate of drug-likeness (QED) is 0.625. The molecule has 0 N–H and O–H groups in total. The van der Waals surface area contributed by atoms with E-state index in [0.29, 0.717) is 17.4 Å². The Morgan fingerprint density at radius 1 is 1.25 bits per heavy atom. The molecule has 1 unspecified atom stereocenters. The molecule has 0 aliphatic carbocycles. The zero-order chi connectivity index (χ0) is 13.9. The van der Waals surface area contributed by atoms with E-state index >= 15 is 0 Å². The molecule has 0 radical (unpaired) electrons. The molecule has 0 amide bonds. The number of fused-ring (bicyclic) bond motifs is 4. The van der Waals surface area contributed by atoms with Crippen LogP contribution in [0.1, 0.15) is 29.6 Å². The van der Waals surface area contributed by atoms with Gasteiger partial charge in [-0.3, -0.25) is 4.90 Å². The summed E-state index contributed by atoms with van der Waals surface area (Å²) in [5.74, 6) is 1.05. The Balaban J connectivity index is 1.69. The number of hydrogen-bond acceptors (Lipinski definition) is 3. The maximum Gasteiger partial charge on any atom is 0.339 e. The van der Waals surface area contributed by atoms with Gasteiger partial charge in [-0.25, -0.2) is 4.79 Å². The molecule has 20 heavy (non-hydrogen) atoms. The van der Waals surface area contributed by atoms with Crippen molar-refractivity contribution in [3.63, 3.8) is 0 Å². The number of carbonyl (C=O) groups excluding carboxylic acids is 1. The molecule has 0 spiro atoms. The topological polar surface area (TPSA) is 29.5 Å². The summed E-state index contributed by atoms with van der Waals surface area (Å²) < 4.78 is 5.73. The zero-order valence-corrected chi connectivity index (χ0v) is 11.7. The Hall–Kier alpha value is -1.61. The average Bonchev–Trinajstić information content (AvgIpc) is 2.79. The minimum absolute atomic E-state index is 0.0716. The number of piperidine rings is 1. The highest BCUT2D eigenvalue weighted by atomic mass is 16.6. The first-order chi connectivity index (χ1) is 9.78. The molecule has 2 bridgehead atoms. The van der Waals surface area contributed by atoms with Crippen molar-refractivity contribution in [1.82, 2.24) is 4.90 Å². The molecule has 1 aromatic rings. The van der Waals surface area contributed by atoms with Crippen molar-refractivity contribution in [3.8, 4) is 0 Å². The Morgan fingerprint density at radius 3 is 2.80 bits per heavy atom. The van der Waals surface area contributed by atoms with Gasteiger partial charge in [-0.05, 0) is 43.2 Å². The van der Waals surface area contributed by atoms with Gasteiger partial charge in [0.2, 0.25) is 0 Å². The van der Waals surface area contributed by atoms with Gasteiger partial charge in [-0.15, -0.1) is 6.58 Å². The number of esters is 1. The summed E-state index contributed by atoms with van der Waals surface area (Å²) in [5.41, 5.74) is 0.632. The van der Waals surface area contributed by atoms with Crippen LogP contribution in [0.25, 0.3) is 0 Å². The van der Waals surface area contributed by atoms with E-state index in [9.17, 15) is 4.79 Å². The molecule has 3 nitrogen and oxygen atoms in total. The molecule has 3 heteroatoms. The van der Waals surface area contributed by atoms with Crippen LogP contribution < -0.4 is 0 Å². The average molecular weight is 271 g/mol. The normalized spacial score (nSPS) is 32.4. The lowest BCUT2D eigenvalue weighted by Crippen LogP contribution is -2.43. The van der Waals surface area contributed by atoms with E-state index in [1.54, 1.807) is 12.1 Å². The third kappa shape index (κ3) is 2.63. The Kier molecular flexibility index (Phi) is 3.88. The summed E-state index contributed by atoms with van der Waals surface area (Å²) >= 11 is 0. The van der Waals surface area contributed by atoms with E-state index in [2.05, 4.69) is 17.6 Å². The number of carbonyl (C=O) groups is 1. The summed E-state index contributed by atoms with van der Waals surface area (Å²) in [6.45, 7) is 5.95. The van der Waals surface area contributed by atoms with Crippen LogP contribution in [0.15, 0.2) is 43.0 Å². The number of benzene rings is 1. The fraction of sp³-hybridized carbons (Fsp3) is 0.471. The van der Waals surface area contributed by atoms with Crippen molar-refractivity contribution in [2.75, 3.05) is 13.1 Å². The van der Waals surface area contributed by atoms with Crippen LogP contribution in [-0.2, 0) is 4.74 Å². The van der Waals surface area contributed by atoms with Gasteiger partial charge in [0, 0.05) is 13.1 Å². The lowest BCUT2D eigenvalue weighted by Gasteiger charge is -2.35. The van der Waals surface area contributed by atoms with Gasteiger partial charge in [0.25, 0.3) is 0 Å². The van der Waals surface area contributed by atoms with Gasteiger partial charge in [-0.1, -0.05) is 24.3 Å². The van der Waals surface area contributed by atoms with Crippen LogP contribution in [0.2, 0.25) is 0 Å². The molecule has 3 aliphatic rings. The molecule has 0 aromatic heterocycles. The first-order valence-electron chi connectivity index (χ1n) is 7.40. The van der Waals surface area contributed by atoms with Crippen molar-refractivity contribution in [3.05, 3.63) is 48.6 Å².